The second kappa shape index (κ2) is 9.59. The molecule has 1 aliphatic rings. The molecule has 1 aromatic rings. The van der Waals surface area contributed by atoms with E-state index in [4.69, 9.17) is 4.74 Å². The van der Waals surface area contributed by atoms with E-state index in [1.165, 1.54) is 0 Å². The number of amides is 1. The van der Waals surface area contributed by atoms with Gasteiger partial charge in [-0.2, -0.15) is 0 Å². The minimum atomic E-state index is 0.238. The van der Waals surface area contributed by atoms with Gasteiger partial charge >= 0.3 is 0 Å². The highest BCUT2D eigenvalue weighted by Crippen LogP contribution is 2.14. The van der Waals surface area contributed by atoms with Gasteiger partial charge in [-0.25, -0.2) is 0 Å². The molecular weight excluding hydrogens is 276 g/mol. The summed E-state index contributed by atoms with van der Waals surface area (Å²) in [6.45, 7) is 6.11. The van der Waals surface area contributed by atoms with E-state index < -0.39 is 0 Å². The molecule has 0 unspecified atom stereocenters. The molecule has 4 heteroatoms. The van der Waals surface area contributed by atoms with E-state index in [1.54, 1.807) is 0 Å². The molecule has 1 amide bonds. The van der Waals surface area contributed by atoms with Gasteiger partial charge in [0, 0.05) is 12.6 Å². The Morgan fingerprint density at radius 3 is 2.68 bits per heavy atom. The Bertz CT molecular complexity index is 430. The van der Waals surface area contributed by atoms with Crippen molar-refractivity contribution in [3.8, 4) is 0 Å². The first-order chi connectivity index (χ1) is 10.8. The lowest BCUT2D eigenvalue weighted by Crippen LogP contribution is -2.46. The maximum atomic E-state index is 12.5. The third-order valence-corrected chi connectivity index (χ3v) is 4.11. The number of benzene rings is 1. The number of hydrogen-bond acceptors (Lipinski definition) is 3. The zero-order valence-corrected chi connectivity index (χ0v) is 13.6. The fraction of sp³-hybridized carbons (Fsp3) is 0.611. The highest BCUT2D eigenvalue weighted by molar-refractivity contribution is 5.76. The van der Waals surface area contributed by atoms with Crippen molar-refractivity contribution in [2.45, 2.75) is 45.3 Å². The molecule has 1 heterocycles. The monoisotopic (exact) mass is 304 g/mol. The molecule has 22 heavy (non-hydrogen) atoms. The summed E-state index contributed by atoms with van der Waals surface area (Å²) in [6, 6.07) is 10.5. The van der Waals surface area contributed by atoms with Crippen molar-refractivity contribution in [2.75, 3.05) is 26.2 Å². The number of ether oxygens (including phenoxy) is 1. The number of hydrogen-bond donors (Lipinski definition) is 1. The predicted octanol–water partition coefficient (Wildman–Crippen LogP) is 2.58. The summed E-state index contributed by atoms with van der Waals surface area (Å²) in [7, 11) is 0. The van der Waals surface area contributed by atoms with E-state index in [2.05, 4.69) is 17.1 Å². The van der Waals surface area contributed by atoms with Gasteiger partial charge in [0.15, 0.2) is 0 Å². The first-order valence-corrected chi connectivity index (χ1v) is 8.43. The average molecular weight is 304 g/mol. The lowest BCUT2D eigenvalue weighted by molar-refractivity contribution is -0.135. The molecule has 1 saturated heterocycles. The summed E-state index contributed by atoms with van der Waals surface area (Å²) in [5.74, 6) is 0.238. The summed E-state index contributed by atoms with van der Waals surface area (Å²) >= 11 is 0. The van der Waals surface area contributed by atoms with Gasteiger partial charge in [0.25, 0.3) is 0 Å². The lowest BCUT2D eigenvalue weighted by Gasteiger charge is -2.34. The van der Waals surface area contributed by atoms with Crippen molar-refractivity contribution >= 4 is 5.91 Å². The van der Waals surface area contributed by atoms with Gasteiger partial charge < -0.3 is 15.0 Å². The summed E-state index contributed by atoms with van der Waals surface area (Å²) in [5.41, 5.74) is 1.15. The van der Waals surface area contributed by atoms with E-state index in [9.17, 15) is 4.79 Å². The first-order valence-electron chi connectivity index (χ1n) is 8.43. The molecule has 0 saturated carbocycles. The number of piperidine rings is 1. The van der Waals surface area contributed by atoms with Crippen LogP contribution in [0.25, 0.3) is 0 Å². The fourth-order valence-electron chi connectivity index (χ4n) is 2.94. The van der Waals surface area contributed by atoms with Gasteiger partial charge in [-0.3, -0.25) is 4.79 Å². The number of nitrogens with zero attached hydrogens (tertiary/aromatic N) is 1. The van der Waals surface area contributed by atoms with Crippen LogP contribution in [0.3, 0.4) is 0 Å². The van der Waals surface area contributed by atoms with Crippen molar-refractivity contribution < 1.29 is 9.53 Å². The van der Waals surface area contributed by atoms with Crippen LogP contribution < -0.4 is 5.32 Å². The molecule has 1 fully saturated rings. The molecular formula is C18H28N2O2. The Hall–Kier alpha value is -1.39. The Labute approximate surface area is 133 Å². The van der Waals surface area contributed by atoms with Crippen LogP contribution in [0.2, 0.25) is 0 Å². The molecule has 4 nitrogen and oxygen atoms in total. The Kier molecular flexibility index (Phi) is 7.40. The van der Waals surface area contributed by atoms with Crippen molar-refractivity contribution in [3.63, 3.8) is 0 Å². The molecule has 1 N–H and O–H groups in total. The van der Waals surface area contributed by atoms with Gasteiger partial charge in [-0.05, 0) is 37.9 Å². The summed E-state index contributed by atoms with van der Waals surface area (Å²) in [4.78, 5) is 14.5. The largest absolute Gasteiger partial charge is 0.376 e. The van der Waals surface area contributed by atoms with E-state index in [1.807, 2.05) is 30.3 Å². The van der Waals surface area contributed by atoms with Crippen molar-refractivity contribution in [3.05, 3.63) is 35.9 Å². The Morgan fingerprint density at radius 1 is 1.27 bits per heavy atom. The second-order valence-corrected chi connectivity index (χ2v) is 5.86. The zero-order chi connectivity index (χ0) is 15.6. The minimum absolute atomic E-state index is 0.238. The third kappa shape index (κ3) is 5.43. The van der Waals surface area contributed by atoms with Gasteiger partial charge in [0.1, 0.15) is 0 Å². The highest BCUT2D eigenvalue weighted by Gasteiger charge is 2.24. The van der Waals surface area contributed by atoms with Crippen LogP contribution in [0.1, 0.15) is 38.2 Å². The molecule has 122 valence electrons. The van der Waals surface area contributed by atoms with E-state index >= 15 is 0 Å². The Morgan fingerprint density at radius 2 is 2.00 bits per heavy atom. The predicted molar refractivity (Wildman–Crippen MR) is 88.6 cm³/mol. The smallest absolute Gasteiger partial charge is 0.225 e. The van der Waals surface area contributed by atoms with Crippen LogP contribution in [0, 0.1) is 0 Å². The summed E-state index contributed by atoms with van der Waals surface area (Å²) in [5, 5.41) is 3.36. The van der Waals surface area contributed by atoms with Crippen LogP contribution in [0.4, 0.5) is 0 Å². The number of carbonyl (C=O) groups excluding carboxylic acids is 1. The molecule has 0 radical (unpaired) electrons. The summed E-state index contributed by atoms with van der Waals surface area (Å²) in [6.07, 6.45) is 3.63. The van der Waals surface area contributed by atoms with Crippen LogP contribution in [-0.4, -0.2) is 43.1 Å². The molecule has 1 aromatic carbocycles. The van der Waals surface area contributed by atoms with Crippen LogP contribution in [0.5, 0.6) is 0 Å². The number of rotatable bonds is 8. The molecule has 0 spiro atoms. The number of carbonyl (C=O) groups is 1. The van der Waals surface area contributed by atoms with Crippen LogP contribution >= 0.6 is 0 Å². The number of nitrogens with one attached hydrogen (secondary N) is 1. The van der Waals surface area contributed by atoms with E-state index in [-0.39, 0.29) is 5.91 Å². The maximum absolute atomic E-state index is 12.5. The maximum Gasteiger partial charge on any atom is 0.225 e. The quantitative estimate of drug-likeness (QED) is 0.751. The van der Waals surface area contributed by atoms with Crippen molar-refractivity contribution in [1.29, 1.82) is 0 Å². The van der Waals surface area contributed by atoms with Gasteiger partial charge in [0.05, 0.1) is 19.6 Å². The standard InChI is InChI=1S/C18H28N2O2/c1-2-13-20(17-8-11-19-12-9-17)18(21)10-14-22-15-16-6-4-3-5-7-16/h3-7,17,19H,2,8-15H2,1H3. The third-order valence-electron chi connectivity index (χ3n) is 4.11. The van der Waals surface area contributed by atoms with Gasteiger partial charge in [-0.15, -0.1) is 0 Å². The fourth-order valence-corrected chi connectivity index (χ4v) is 2.94. The molecule has 2 rings (SSSR count). The molecule has 0 aliphatic carbocycles. The topological polar surface area (TPSA) is 41.6 Å². The molecule has 0 atom stereocenters. The average Bonchev–Trinajstić information content (AvgIpc) is 2.58. The van der Waals surface area contributed by atoms with Gasteiger partial charge in [-0.1, -0.05) is 37.3 Å². The molecule has 0 aromatic heterocycles. The van der Waals surface area contributed by atoms with Crippen LogP contribution in [-0.2, 0) is 16.1 Å². The zero-order valence-electron chi connectivity index (χ0n) is 13.6. The first kappa shape index (κ1) is 17.0. The van der Waals surface area contributed by atoms with Gasteiger partial charge in [0.2, 0.25) is 5.91 Å². The molecule has 1 aliphatic heterocycles. The SMILES string of the molecule is CCCN(C(=O)CCOCc1ccccc1)C1CCNCC1. The second-order valence-electron chi connectivity index (χ2n) is 5.86. The normalized spacial score (nSPS) is 15.7. The highest BCUT2D eigenvalue weighted by atomic mass is 16.5. The minimum Gasteiger partial charge on any atom is -0.376 e. The molecule has 0 bridgehead atoms. The Balaban J connectivity index is 1.73. The van der Waals surface area contributed by atoms with E-state index in [0.717, 1.165) is 44.5 Å². The van der Waals surface area contributed by atoms with Crippen molar-refractivity contribution in [1.82, 2.24) is 10.2 Å². The summed E-state index contributed by atoms with van der Waals surface area (Å²) < 4.78 is 5.65. The van der Waals surface area contributed by atoms with Crippen molar-refractivity contribution in [2.24, 2.45) is 0 Å². The van der Waals surface area contributed by atoms with Crippen LogP contribution in [0.15, 0.2) is 30.3 Å². The lowest BCUT2D eigenvalue weighted by atomic mass is 10.0. The van der Waals surface area contributed by atoms with E-state index in [0.29, 0.717) is 25.7 Å².